The Kier molecular flexibility index (Phi) is 3.40. The molecule has 1 heterocycles. The van der Waals surface area contributed by atoms with Crippen molar-refractivity contribution >= 4 is 17.9 Å². The van der Waals surface area contributed by atoms with Crippen LogP contribution in [0.15, 0.2) is 47.4 Å². The van der Waals surface area contributed by atoms with Gasteiger partial charge in [0.1, 0.15) is 0 Å². The number of pyridine rings is 1. The van der Waals surface area contributed by atoms with Crippen LogP contribution in [-0.2, 0) is 6.54 Å². The Labute approximate surface area is 103 Å². The number of rotatable bonds is 3. The van der Waals surface area contributed by atoms with Crippen molar-refractivity contribution in [2.75, 3.05) is 0 Å². The van der Waals surface area contributed by atoms with Crippen LogP contribution in [0.3, 0.4) is 0 Å². The maximum atomic E-state index is 11.6. The van der Waals surface area contributed by atoms with Crippen molar-refractivity contribution in [3.05, 3.63) is 69.1 Å². The molecule has 0 aliphatic carbocycles. The molecule has 17 heavy (non-hydrogen) atoms. The van der Waals surface area contributed by atoms with Gasteiger partial charge in [-0.1, -0.05) is 23.7 Å². The first kappa shape index (κ1) is 11.6. The summed E-state index contributed by atoms with van der Waals surface area (Å²) >= 11 is 5.78. The van der Waals surface area contributed by atoms with Gasteiger partial charge in [-0.2, -0.15) is 0 Å². The maximum Gasteiger partial charge on any atom is 0.250 e. The van der Waals surface area contributed by atoms with E-state index in [1.165, 1.54) is 16.7 Å². The van der Waals surface area contributed by atoms with Crippen molar-refractivity contribution in [1.82, 2.24) is 4.57 Å². The minimum atomic E-state index is -0.134. The lowest BCUT2D eigenvalue weighted by Gasteiger charge is -2.06. The zero-order valence-electron chi connectivity index (χ0n) is 8.97. The number of nitrogens with zero attached hydrogens (tertiary/aromatic N) is 1. The molecule has 0 spiro atoms. The van der Waals surface area contributed by atoms with E-state index in [0.717, 1.165) is 11.8 Å². The quantitative estimate of drug-likeness (QED) is 0.781. The van der Waals surface area contributed by atoms with E-state index >= 15 is 0 Å². The fraction of sp³-hybridized carbons (Fsp3) is 0.0769. The summed E-state index contributed by atoms with van der Waals surface area (Å²) in [6, 6.07) is 10.1. The Hall–Kier alpha value is -1.87. The highest BCUT2D eigenvalue weighted by Crippen LogP contribution is 2.10. The molecule has 2 rings (SSSR count). The average molecular weight is 248 g/mol. The molecule has 1 aromatic carbocycles. The smallest absolute Gasteiger partial charge is 0.250 e. The van der Waals surface area contributed by atoms with E-state index in [0.29, 0.717) is 17.1 Å². The summed E-state index contributed by atoms with van der Waals surface area (Å²) in [7, 11) is 0. The molecule has 0 aliphatic heterocycles. The molecule has 0 bridgehead atoms. The highest BCUT2D eigenvalue weighted by molar-refractivity contribution is 6.30. The number of aromatic nitrogens is 1. The lowest BCUT2D eigenvalue weighted by Crippen LogP contribution is -2.19. The number of carbonyl (C=O) groups excluding carboxylic acids is 1. The zero-order chi connectivity index (χ0) is 12.3. The second-order valence-electron chi connectivity index (χ2n) is 3.67. The monoisotopic (exact) mass is 247 g/mol. The summed E-state index contributed by atoms with van der Waals surface area (Å²) in [5.74, 6) is 0. The Morgan fingerprint density at radius 2 is 1.82 bits per heavy atom. The summed E-state index contributed by atoms with van der Waals surface area (Å²) in [6.07, 6.45) is 2.27. The Morgan fingerprint density at radius 1 is 1.12 bits per heavy atom. The predicted molar refractivity (Wildman–Crippen MR) is 66.6 cm³/mol. The topological polar surface area (TPSA) is 39.1 Å². The van der Waals surface area contributed by atoms with Crippen molar-refractivity contribution in [2.24, 2.45) is 0 Å². The van der Waals surface area contributed by atoms with Crippen LogP contribution >= 0.6 is 11.6 Å². The lowest BCUT2D eigenvalue weighted by atomic mass is 10.2. The molecule has 4 heteroatoms. The molecule has 0 aliphatic rings. The predicted octanol–water partition coefficient (Wildman–Crippen LogP) is 2.36. The molecule has 0 radical (unpaired) electrons. The fourth-order valence-electron chi connectivity index (χ4n) is 1.53. The highest BCUT2D eigenvalue weighted by atomic mass is 35.5. The summed E-state index contributed by atoms with van der Waals surface area (Å²) in [5, 5.41) is 0.655. The van der Waals surface area contributed by atoms with E-state index < -0.39 is 0 Å². The summed E-state index contributed by atoms with van der Waals surface area (Å²) in [5.41, 5.74) is 1.31. The van der Waals surface area contributed by atoms with Crippen LogP contribution in [0.5, 0.6) is 0 Å². The van der Waals surface area contributed by atoms with Crippen LogP contribution in [0.1, 0.15) is 15.9 Å². The van der Waals surface area contributed by atoms with Gasteiger partial charge in [-0.3, -0.25) is 9.59 Å². The van der Waals surface area contributed by atoms with Crippen molar-refractivity contribution in [3.63, 3.8) is 0 Å². The van der Waals surface area contributed by atoms with Crippen molar-refractivity contribution < 1.29 is 4.79 Å². The van der Waals surface area contributed by atoms with Gasteiger partial charge < -0.3 is 4.57 Å². The van der Waals surface area contributed by atoms with E-state index in [1.54, 1.807) is 18.3 Å². The molecule has 3 nitrogen and oxygen atoms in total. The first-order valence-corrected chi connectivity index (χ1v) is 5.47. The van der Waals surface area contributed by atoms with Crippen molar-refractivity contribution in [1.29, 1.82) is 0 Å². The maximum absolute atomic E-state index is 11.6. The molecule has 86 valence electrons. The van der Waals surface area contributed by atoms with Crippen LogP contribution in [0, 0.1) is 0 Å². The third-order valence-electron chi connectivity index (χ3n) is 2.41. The summed E-state index contributed by atoms with van der Waals surface area (Å²) in [6.45, 7) is 0.428. The third kappa shape index (κ3) is 2.82. The zero-order valence-corrected chi connectivity index (χ0v) is 9.72. The van der Waals surface area contributed by atoms with Gasteiger partial charge in [-0.15, -0.1) is 0 Å². The number of aldehydes is 1. The van der Waals surface area contributed by atoms with Crippen LogP contribution in [-0.4, -0.2) is 10.9 Å². The molecular formula is C13H10ClNO2. The molecule has 1 aromatic heterocycles. The second kappa shape index (κ2) is 4.97. The van der Waals surface area contributed by atoms with Gasteiger partial charge in [-0.25, -0.2) is 0 Å². The standard InChI is InChI=1S/C13H10ClNO2/c14-12-4-1-10(2-5-12)7-15-8-11(9-16)3-6-13(15)17/h1-6,8-9H,7H2. The van der Waals surface area contributed by atoms with E-state index in [2.05, 4.69) is 0 Å². The minimum absolute atomic E-state index is 0.134. The normalized spacial score (nSPS) is 10.2. The summed E-state index contributed by atoms with van der Waals surface area (Å²) in [4.78, 5) is 22.2. The SMILES string of the molecule is O=Cc1ccc(=O)n(Cc2ccc(Cl)cc2)c1. The number of hydrogen-bond acceptors (Lipinski definition) is 2. The van der Waals surface area contributed by atoms with Gasteiger partial charge in [0.2, 0.25) is 0 Å². The van der Waals surface area contributed by atoms with Gasteiger partial charge in [0.25, 0.3) is 5.56 Å². The van der Waals surface area contributed by atoms with Gasteiger partial charge in [0, 0.05) is 22.8 Å². The highest BCUT2D eigenvalue weighted by Gasteiger charge is 1.99. The van der Waals surface area contributed by atoms with Gasteiger partial charge in [0.05, 0.1) is 6.54 Å². The van der Waals surface area contributed by atoms with Gasteiger partial charge >= 0.3 is 0 Å². The molecule has 0 N–H and O–H groups in total. The molecule has 0 amide bonds. The molecule has 0 saturated carbocycles. The van der Waals surface area contributed by atoms with E-state index in [9.17, 15) is 9.59 Å². The molecule has 0 atom stereocenters. The first-order valence-electron chi connectivity index (χ1n) is 5.09. The summed E-state index contributed by atoms with van der Waals surface area (Å²) < 4.78 is 1.49. The molecule has 0 fully saturated rings. The van der Waals surface area contributed by atoms with E-state index in [1.807, 2.05) is 12.1 Å². The third-order valence-corrected chi connectivity index (χ3v) is 2.66. The Morgan fingerprint density at radius 3 is 2.47 bits per heavy atom. The molecule has 0 unspecified atom stereocenters. The Bertz CT molecular complexity index is 587. The number of carbonyl (C=O) groups is 1. The number of benzene rings is 1. The van der Waals surface area contributed by atoms with E-state index in [4.69, 9.17) is 11.6 Å². The van der Waals surface area contributed by atoms with E-state index in [-0.39, 0.29) is 5.56 Å². The van der Waals surface area contributed by atoms with Crippen LogP contribution in [0.25, 0.3) is 0 Å². The van der Waals surface area contributed by atoms with Crippen molar-refractivity contribution in [2.45, 2.75) is 6.54 Å². The average Bonchev–Trinajstić information content (AvgIpc) is 2.35. The van der Waals surface area contributed by atoms with Crippen LogP contribution in [0.4, 0.5) is 0 Å². The van der Waals surface area contributed by atoms with Gasteiger partial charge in [-0.05, 0) is 23.8 Å². The van der Waals surface area contributed by atoms with Crippen LogP contribution in [0.2, 0.25) is 5.02 Å². The van der Waals surface area contributed by atoms with Gasteiger partial charge in [0.15, 0.2) is 6.29 Å². The van der Waals surface area contributed by atoms with Crippen LogP contribution < -0.4 is 5.56 Å². The first-order chi connectivity index (χ1) is 8.19. The second-order valence-corrected chi connectivity index (χ2v) is 4.11. The molecular weight excluding hydrogens is 238 g/mol. The van der Waals surface area contributed by atoms with Crippen molar-refractivity contribution in [3.8, 4) is 0 Å². The number of halogens is 1. The largest absolute Gasteiger partial charge is 0.310 e. The molecule has 0 saturated heterocycles. The Balaban J connectivity index is 2.32. The lowest BCUT2D eigenvalue weighted by molar-refractivity contribution is 0.112. The number of hydrogen-bond donors (Lipinski definition) is 0. The molecule has 2 aromatic rings. The fourth-order valence-corrected chi connectivity index (χ4v) is 1.66. The minimum Gasteiger partial charge on any atom is -0.310 e.